The molecule has 3 rings (SSSR count). The molecule has 1 fully saturated rings. The van der Waals surface area contributed by atoms with Crippen LogP contribution in [0.3, 0.4) is 0 Å². The number of H-pyrrole nitrogens is 1. The Morgan fingerprint density at radius 3 is 3.23 bits per heavy atom. The zero-order chi connectivity index (χ0) is 15.4. The average Bonchev–Trinajstić information content (AvgIpc) is 3.25. The molecule has 0 bridgehead atoms. The summed E-state index contributed by atoms with van der Waals surface area (Å²) in [6.45, 7) is 4.52. The van der Waals surface area contributed by atoms with E-state index in [1.54, 1.807) is 17.5 Å². The van der Waals surface area contributed by atoms with Gasteiger partial charge in [0.15, 0.2) is 0 Å². The van der Waals surface area contributed by atoms with Gasteiger partial charge in [-0.1, -0.05) is 6.07 Å². The third kappa shape index (κ3) is 3.56. The van der Waals surface area contributed by atoms with Gasteiger partial charge in [-0.2, -0.15) is 5.10 Å². The minimum Gasteiger partial charge on any atom is -0.350 e. The molecule has 0 aliphatic carbocycles. The Labute approximate surface area is 134 Å². The first-order valence-electron chi connectivity index (χ1n) is 7.77. The molecule has 2 atom stereocenters. The van der Waals surface area contributed by atoms with Gasteiger partial charge in [0, 0.05) is 29.2 Å². The van der Waals surface area contributed by atoms with Gasteiger partial charge in [0.05, 0.1) is 12.6 Å². The zero-order valence-electron chi connectivity index (χ0n) is 12.8. The summed E-state index contributed by atoms with van der Waals surface area (Å²) in [6, 6.07) is 6.00. The highest BCUT2D eigenvalue weighted by Crippen LogP contribution is 2.26. The minimum atomic E-state index is -0.0920. The Balaban J connectivity index is 1.54. The molecule has 1 saturated heterocycles. The van der Waals surface area contributed by atoms with E-state index in [9.17, 15) is 4.79 Å². The van der Waals surface area contributed by atoms with Gasteiger partial charge in [-0.25, -0.2) is 0 Å². The molecule has 2 aromatic rings. The number of carbonyl (C=O) groups excluding carboxylic acids is 1. The van der Waals surface area contributed by atoms with Gasteiger partial charge in [-0.3, -0.25) is 14.8 Å². The average molecular weight is 318 g/mol. The van der Waals surface area contributed by atoms with Crippen LogP contribution < -0.4 is 5.32 Å². The summed E-state index contributed by atoms with van der Waals surface area (Å²) in [5.41, 5.74) is 1.18. The van der Waals surface area contributed by atoms with Crippen molar-refractivity contribution in [2.45, 2.75) is 38.3 Å². The first kappa shape index (κ1) is 15.2. The number of thiophene rings is 1. The molecule has 0 spiro atoms. The first-order valence-corrected chi connectivity index (χ1v) is 8.65. The summed E-state index contributed by atoms with van der Waals surface area (Å²) >= 11 is 1.67. The number of nitrogens with one attached hydrogen (secondary N) is 2. The summed E-state index contributed by atoms with van der Waals surface area (Å²) in [4.78, 5) is 15.8. The van der Waals surface area contributed by atoms with Gasteiger partial charge in [0.2, 0.25) is 5.91 Å². The number of hydrogen-bond donors (Lipinski definition) is 2. The van der Waals surface area contributed by atoms with Crippen LogP contribution in [0, 0.1) is 0 Å². The fourth-order valence-electron chi connectivity index (χ4n) is 3.01. The molecule has 0 radical (unpaired) electrons. The second-order valence-electron chi connectivity index (χ2n) is 5.82. The minimum absolute atomic E-state index is 0.0920. The lowest BCUT2D eigenvalue weighted by Crippen LogP contribution is -2.48. The van der Waals surface area contributed by atoms with Crippen LogP contribution >= 0.6 is 11.3 Å². The van der Waals surface area contributed by atoms with Crippen LogP contribution in [0.25, 0.3) is 0 Å². The Morgan fingerprint density at radius 2 is 2.50 bits per heavy atom. The molecule has 0 saturated carbocycles. The SMILES string of the molecule is C[C@@H](C(=O)NCc1cccs1)N1CCC[C@H](c2ccn[nH]2)C1. The third-order valence-corrected chi connectivity index (χ3v) is 5.24. The van der Waals surface area contributed by atoms with Gasteiger partial charge in [-0.15, -0.1) is 11.3 Å². The van der Waals surface area contributed by atoms with Crippen molar-refractivity contribution in [3.05, 3.63) is 40.3 Å². The number of piperidine rings is 1. The largest absolute Gasteiger partial charge is 0.350 e. The second kappa shape index (κ2) is 7.07. The maximum atomic E-state index is 12.4. The summed E-state index contributed by atoms with van der Waals surface area (Å²) in [5.74, 6) is 0.558. The van der Waals surface area contributed by atoms with Gasteiger partial charge in [0.1, 0.15) is 0 Å². The zero-order valence-corrected chi connectivity index (χ0v) is 13.6. The third-order valence-electron chi connectivity index (χ3n) is 4.36. The maximum Gasteiger partial charge on any atom is 0.237 e. The van der Waals surface area contributed by atoms with Crippen molar-refractivity contribution in [1.82, 2.24) is 20.4 Å². The van der Waals surface area contributed by atoms with Crippen molar-refractivity contribution in [2.24, 2.45) is 0 Å². The van der Waals surface area contributed by atoms with Crippen LogP contribution in [0.4, 0.5) is 0 Å². The van der Waals surface area contributed by atoms with Gasteiger partial charge in [0.25, 0.3) is 0 Å². The molecular weight excluding hydrogens is 296 g/mol. The maximum absolute atomic E-state index is 12.4. The topological polar surface area (TPSA) is 61.0 Å². The second-order valence-corrected chi connectivity index (χ2v) is 6.85. The highest BCUT2D eigenvalue weighted by atomic mass is 32.1. The molecule has 0 unspecified atom stereocenters. The Bertz CT molecular complexity index is 581. The summed E-state index contributed by atoms with van der Waals surface area (Å²) < 4.78 is 0. The number of carbonyl (C=O) groups is 1. The van der Waals surface area contributed by atoms with Crippen molar-refractivity contribution in [1.29, 1.82) is 0 Å². The van der Waals surface area contributed by atoms with Crippen LogP contribution in [0.5, 0.6) is 0 Å². The van der Waals surface area contributed by atoms with E-state index in [0.29, 0.717) is 12.5 Å². The monoisotopic (exact) mass is 318 g/mol. The highest BCUT2D eigenvalue weighted by Gasteiger charge is 2.28. The number of nitrogens with zero attached hydrogens (tertiary/aromatic N) is 2. The van der Waals surface area contributed by atoms with Crippen molar-refractivity contribution in [2.75, 3.05) is 13.1 Å². The van der Waals surface area contributed by atoms with Crippen LogP contribution in [0.2, 0.25) is 0 Å². The summed E-state index contributed by atoms with van der Waals surface area (Å²) in [7, 11) is 0. The molecule has 22 heavy (non-hydrogen) atoms. The number of aromatic nitrogens is 2. The molecule has 1 amide bonds. The number of amides is 1. The van der Waals surface area contributed by atoms with Crippen molar-refractivity contribution in [3.8, 4) is 0 Å². The smallest absolute Gasteiger partial charge is 0.237 e. The van der Waals surface area contributed by atoms with Gasteiger partial charge >= 0.3 is 0 Å². The normalized spacial score (nSPS) is 20.7. The molecular formula is C16H22N4OS. The molecule has 2 N–H and O–H groups in total. The van der Waals surface area contributed by atoms with E-state index in [-0.39, 0.29) is 11.9 Å². The standard InChI is InChI=1S/C16H22N4OS/c1-12(16(21)17-10-14-5-3-9-22-14)20-8-2-4-13(11-20)15-6-7-18-19-15/h3,5-7,9,12-13H,2,4,8,10-11H2,1H3,(H,17,21)(H,18,19)/t12-,13-/m0/s1. The molecule has 5 nitrogen and oxygen atoms in total. The van der Waals surface area contributed by atoms with E-state index in [2.05, 4.69) is 20.4 Å². The Morgan fingerprint density at radius 1 is 1.59 bits per heavy atom. The molecule has 3 heterocycles. The van der Waals surface area contributed by atoms with E-state index in [1.807, 2.05) is 30.5 Å². The lowest BCUT2D eigenvalue weighted by atomic mass is 9.94. The van der Waals surface area contributed by atoms with E-state index in [4.69, 9.17) is 0 Å². The number of hydrogen-bond acceptors (Lipinski definition) is 4. The van der Waals surface area contributed by atoms with Crippen LogP contribution in [-0.4, -0.2) is 40.1 Å². The van der Waals surface area contributed by atoms with Gasteiger partial charge in [-0.05, 0) is 43.8 Å². The van der Waals surface area contributed by atoms with Crippen LogP contribution in [0.1, 0.15) is 36.3 Å². The lowest BCUT2D eigenvalue weighted by Gasteiger charge is -2.35. The van der Waals surface area contributed by atoms with Crippen molar-refractivity contribution >= 4 is 17.2 Å². The molecule has 2 aromatic heterocycles. The van der Waals surface area contributed by atoms with E-state index < -0.39 is 0 Å². The fraction of sp³-hybridized carbons (Fsp3) is 0.500. The van der Waals surface area contributed by atoms with Crippen LogP contribution in [-0.2, 0) is 11.3 Å². The van der Waals surface area contributed by atoms with Crippen molar-refractivity contribution in [3.63, 3.8) is 0 Å². The number of aromatic amines is 1. The predicted molar refractivity (Wildman–Crippen MR) is 87.8 cm³/mol. The number of likely N-dealkylation sites (tertiary alicyclic amines) is 1. The molecule has 1 aliphatic rings. The summed E-state index contributed by atoms with van der Waals surface area (Å²) in [6.07, 6.45) is 4.07. The van der Waals surface area contributed by atoms with Gasteiger partial charge < -0.3 is 5.32 Å². The van der Waals surface area contributed by atoms with E-state index in [0.717, 1.165) is 25.9 Å². The van der Waals surface area contributed by atoms with E-state index in [1.165, 1.54) is 10.6 Å². The first-order chi connectivity index (χ1) is 10.7. The molecule has 0 aromatic carbocycles. The predicted octanol–water partition coefficient (Wildman–Crippen LogP) is 2.36. The Kier molecular flexibility index (Phi) is 4.90. The lowest BCUT2D eigenvalue weighted by molar-refractivity contribution is -0.126. The Hall–Kier alpha value is -1.66. The summed E-state index contributed by atoms with van der Waals surface area (Å²) in [5, 5.41) is 12.2. The van der Waals surface area contributed by atoms with Crippen molar-refractivity contribution < 1.29 is 4.79 Å². The van der Waals surface area contributed by atoms with E-state index >= 15 is 0 Å². The van der Waals surface area contributed by atoms with Crippen LogP contribution in [0.15, 0.2) is 29.8 Å². The fourth-order valence-corrected chi connectivity index (χ4v) is 3.65. The molecule has 118 valence electrons. The molecule has 1 aliphatic heterocycles. The highest BCUT2D eigenvalue weighted by molar-refractivity contribution is 7.09. The molecule has 6 heteroatoms. The quantitative estimate of drug-likeness (QED) is 0.889. The number of rotatable bonds is 5.